The number of allylic oxidation sites excluding steroid dienone is 2. The van der Waals surface area contributed by atoms with Gasteiger partial charge in [0.15, 0.2) is 5.82 Å². The molecule has 0 bridgehead atoms. The average Bonchev–Trinajstić information content (AvgIpc) is 3.38. The van der Waals surface area contributed by atoms with Crippen LogP contribution in [0.3, 0.4) is 0 Å². The molecule has 1 saturated heterocycles. The summed E-state index contributed by atoms with van der Waals surface area (Å²) in [4.78, 5) is 6.81. The lowest BCUT2D eigenvalue weighted by atomic mass is 10.1. The fourth-order valence-corrected chi connectivity index (χ4v) is 4.32. The summed E-state index contributed by atoms with van der Waals surface area (Å²) in [6.45, 7) is 5.51. The highest BCUT2D eigenvalue weighted by Crippen LogP contribution is 2.36. The molecule has 1 aliphatic carbocycles. The van der Waals surface area contributed by atoms with Gasteiger partial charge in [-0.25, -0.2) is 17.7 Å². The minimum absolute atomic E-state index is 0.0319. The average molecular weight is 403 g/mol. The van der Waals surface area contributed by atoms with Gasteiger partial charge in [0, 0.05) is 31.5 Å². The largest absolute Gasteiger partial charge is 0.345 e. The summed E-state index contributed by atoms with van der Waals surface area (Å²) in [5.41, 5.74) is 2.05. The Labute approximate surface area is 165 Å². The van der Waals surface area contributed by atoms with E-state index in [1.165, 1.54) is 19.1 Å². The Bertz CT molecular complexity index is 1000. The minimum atomic E-state index is -3.18. The maximum atomic E-state index is 11.4. The van der Waals surface area contributed by atoms with Crippen LogP contribution in [0.15, 0.2) is 42.8 Å². The lowest BCUT2D eigenvalue weighted by molar-refractivity contribution is 0.457. The third-order valence-corrected chi connectivity index (χ3v) is 5.92. The van der Waals surface area contributed by atoms with E-state index in [9.17, 15) is 8.42 Å². The summed E-state index contributed by atoms with van der Waals surface area (Å²) in [6.07, 6.45) is 10.9. The van der Waals surface area contributed by atoms with Crippen molar-refractivity contribution in [2.75, 3.05) is 29.6 Å². The number of nitrogens with zero attached hydrogens (tertiary/aromatic N) is 4. The Kier molecular flexibility index (Phi) is 5.11. The van der Waals surface area contributed by atoms with Gasteiger partial charge >= 0.3 is 0 Å². The molecule has 0 atom stereocenters. The molecule has 28 heavy (non-hydrogen) atoms. The Hall–Kier alpha value is -2.39. The molecule has 2 aliphatic rings. The monoisotopic (exact) mass is 402 g/mol. The van der Waals surface area contributed by atoms with Crippen LogP contribution in [-0.2, 0) is 10.0 Å². The smallest absolute Gasteiger partial charge is 0.245 e. The Balaban J connectivity index is 1.48. The van der Waals surface area contributed by atoms with Crippen molar-refractivity contribution in [1.29, 1.82) is 0 Å². The number of rotatable bonds is 7. The first-order valence-corrected chi connectivity index (χ1v) is 11.5. The molecule has 0 amide bonds. The van der Waals surface area contributed by atoms with E-state index >= 15 is 0 Å². The van der Waals surface area contributed by atoms with Crippen molar-refractivity contribution < 1.29 is 8.42 Å². The van der Waals surface area contributed by atoms with Crippen LogP contribution < -0.4 is 14.9 Å². The minimum Gasteiger partial charge on any atom is -0.345 e. The van der Waals surface area contributed by atoms with Gasteiger partial charge in [0.2, 0.25) is 16.0 Å². The third-order valence-electron chi connectivity index (χ3n) is 5.16. The third kappa shape index (κ3) is 4.53. The lowest BCUT2D eigenvalue weighted by Crippen LogP contribution is -2.45. The predicted octanol–water partition coefficient (Wildman–Crippen LogP) is 2.14. The van der Waals surface area contributed by atoms with E-state index in [4.69, 9.17) is 4.98 Å². The van der Waals surface area contributed by atoms with Crippen LogP contribution in [0.4, 0.5) is 11.8 Å². The van der Waals surface area contributed by atoms with Crippen molar-refractivity contribution in [1.82, 2.24) is 19.3 Å². The van der Waals surface area contributed by atoms with Crippen LogP contribution in [0.5, 0.6) is 0 Å². The molecule has 3 heterocycles. The highest BCUT2D eigenvalue weighted by molar-refractivity contribution is 7.88. The van der Waals surface area contributed by atoms with Gasteiger partial charge in [-0.1, -0.05) is 12.2 Å². The van der Waals surface area contributed by atoms with Crippen LogP contribution in [0.1, 0.15) is 25.7 Å². The quantitative estimate of drug-likeness (QED) is 0.690. The van der Waals surface area contributed by atoms with Gasteiger partial charge in [-0.15, -0.1) is 5.10 Å². The zero-order chi connectivity index (χ0) is 19.7. The van der Waals surface area contributed by atoms with Gasteiger partial charge in [0.25, 0.3) is 0 Å². The number of sulfonamides is 1. The van der Waals surface area contributed by atoms with Gasteiger partial charge in [0.05, 0.1) is 6.26 Å². The lowest BCUT2D eigenvalue weighted by Gasteiger charge is -2.32. The Morgan fingerprint density at radius 3 is 2.71 bits per heavy atom. The van der Waals surface area contributed by atoms with Gasteiger partial charge in [-0.3, -0.25) is 0 Å². The maximum Gasteiger partial charge on any atom is 0.245 e. The molecule has 8 nitrogen and oxygen atoms in total. The number of anilines is 2. The van der Waals surface area contributed by atoms with Gasteiger partial charge < -0.3 is 10.2 Å². The zero-order valence-corrected chi connectivity index (χ0v) is 16.8. The van der Waals surface area contributed by atoms with Gasteiger partial charge in [0.1, 0.15) is 5.52 Å². The van der Waals surface area contributed by atoms with E-state index in [0.29, 0.717) is 25.0 Å². The van der Waals surface area contributed by atoms with Crippen LogP contribution in [0.25, 0.3) is 5.52 Å². The number of fused-ring (bicyclic) bond motifs is 1. The second-order valence-electron chi connectivity index (χ2n) is 7.58. The summed E-state index contributed by atoms with van der Waals surface area (Å²) in [7, 11) is -3.18. The molecule has 2 fully saturated rings. The molecule has 2 aromatic rings. The first-order chi connectivity index (χ1) is 13.4. The fraction of sp³-hybridized carbons (Fsp3) is 0.474. The number of piperidine rings is 1. The standard InChI is InChI=1S/C19H26N6O2S/c1-14(15-5-6-15)7-10-20-18-17-4-3-11-25(17)22-19(21-18)24-12-8-16(9-13-24)23-28(2,26)27/h3-4,7,10-11,15-16,23H,1,5-6,8-9,12-13H2,2H3,(H,20,21,22)/b10-7+. The fourth-order valence-electron chi connectivity index (χ4n) is 3.48. The van der Waals surface area contributed by atoms with E-state index in [1.54, 1.807) is 0 Å². The summed E-state index contributed by atoms with van der Waals surface area (Å²) in [5.74, 6) is 2.01. The van der Waals surface area contributed by atoms with Gasteiger partial charge in [-0.2, -0.15) is 4.98 Å². The molecule has 2 N–H and O–H groups in total. The normalized spacial score (nSPS) is 18.8. The molecule has 0 radical (unpaired) electrons. The van der Waals surface area contributed by atoms with E-state index in [-0.39, 0.29) is 6.04 Å². The SMILES string of the molecule is C=C(/C=C/Nc1nc(N2CCC(NS(C)(=O)=O)CC2)nn2cccc12)C1CC1. The summed E-state index contributed by atoms with van der Waals surface area (Å²) < 4.78 is 27.4. The molecular formula is C19H26N6O2S. The predicted molar refractivity (Wildman–Crippen MR) is 111 cm³/mol. The Morgan fingerprint density at radius 1 is 1.29 bits per heavy atom. The molecule has 1 saturated carbocycles. The maximum absolute atomic E-state index is 11.4. The van der Waals surface area contributed by atoms with E-state index in [0.717, 1.165) is 29.7 Å². The zero-order valence-electron chi connectivity index (χ0n) is 16.0. The topological polar surface area (TPSA) is 91.6 Å². The molecule has 2 aromatic heterocycles. The van der Waals surface area contributed by atoms with Crippen molar-refractivity contribution in [3.8, 4) is 0 Å². The van der Waals surface area contributed by atoms with Crippen molar-refractivity contribution in [3.05, 3.63) is 42.8 Å². The summed E-state index contributed by atoms with van der Waals surface area (Å²) >= 11 is 0. The summed E-state index contributed by atoms with van der Waals surface area (Å²) in [6, 6.07) is 3.88. The van der Waals surface area contributed by atoms with E-state index < -0.39 is 10.0 Å². The molecule has 0 aromatic carbocycles. The number of hydrogen-bond acceptors (Lipinski definition) is 6. The number of nitrogens with one attached hydrogen (secondary N) is 2. The van der Waals surface area contributed by atoms with E-state index in [2.05, 4.69) is 26.6 Å². The van der Waals surface area contributed by atoms with Crippen LogP contribution in [0, 0.1) is 5.92 Å². The molecule has 150 valence electrons. The molecule has 0 spiro atoms. The number of hydrogen-bond donors (Lipinski definition) is 2. The summed E-state index contributed by atoms with van der Waals surface area (Å²) in [5, 5.41) is 7.89. The van der Waals surface area contributed by atoms with E-state index in [1.807, 2.05) is 35.1 Å². The highest BCUT2D eigenvalue weighted by atomic mass is 32.2. The van der Waals surface area contributed by atoms with Crippen molar-refractivity contribution in [2.45, 2.75) is 31.7 Å². The second-order valence-corrected chi connectivity index (χ2v) is 9.36. The van der Waals surface area contributed by atoms with Crippen LogP contribution in [0.2, 0.25) is 0 Å². The second kappa shape index (κ2) is 7.56. The van der Waals surface area contributed by atoms with Crippen LogP contribution in [-0.4, -0.2) is 48.4 Å². The van der Waals surface area contributed by atoms with Gasteiger partial charge in [-0.05, 0) is 49.8 Å². The first-order valence-electron chi connectivity index (χ1n) is 9.58. The molecule has 0 unspecified atom stereocenters. The first kappa shape index (κ1) is 18.9. The highest BCUT2D eigenvalue weighted by Gasteiger charge is 2.24. The Morgan fingerprint density at radius 2 is 2.04 bits per heavy atom. The number of aromatic nitrogens is 3. The molecule has 1 aliphatic heterocycles. The van der Waals surface area contributed by atoms with Crippen LogP contribution >= 0.6 is 0 Å². The van der Waals surface area contributed by atoms with Crippen molar-refractivity contribution >= 4 is 27.3 Å². The van der Waals surface area contributed by atoms with Crippen molar-refractivity contribution in [2.24, 2.45) is 5.92 Å². The molecule has 4 rings (SSSR count). The molecule has 9 heteroatoms. The molecular weight excluding hydrogens is 376 g/mol. The van der Waals surface area contributed by atoms with Crippen molar-refractivity contribution in [3.63, 3.8) is 0 Å².